The van der Waals surface area contributed by atoms with Gasteiger partial charge in [-0.25, -0.2) is 0 Å². The first-order chi connectivity index (χ1) is 10.3. The number of benzene rings is 2. The molecule has 0 aliphatic heterocycles. The third kappa shape index (κ3) is 4.39. The van der Waals surface area contributed by atoms with Crippen LogP contribution in [0.4, 0.5) is 5.69 Å². The van der Waals surface area contributed by atoms with Gasteiger partial charge in [0.2, 0.25) is 0 Å². The van der Waals surface area contributed by atoms with Gasteiger partial charge in [0, 0.05) is 10.7 Å². The Balaban J connectivity index is 2.05. The lowest BCUT2D eigenvalue weighted by molar-refractivity contribution is -0.122. The van der Waals surface area contributed by atoms with Gasteiger partial charge in [-0.3, -0.25) is 4.79 Å². The van der Waals surface area contributed by atoms with E-state index in [0.717, 1.165) is 16.8 Å². The SMILES string of the molecule is Cc1cc(C)cc(NC(=O)[C@@H](C)Oc2ccc(Cl)cc2Cl)c1. The van der Waals surface area contributed by atoms with E-state index in [-0.39, 0.29) is 5.91 Å². The highest BCUT2D eigenvalue weighted by Crippen LogP contribution is 2.28. The van der Waals surface area contributed by atoms with Crippen molar-refractivity contribution in [3.8, 4) is 5.75 Å². The van der Waals surface area contributed by atoms with Crippen molar-refractivity contribution in [3.05, 3.63) is 57.6 Å². The van der Waals surface area contributed by atoms with Gasteiger partial charge in [0.25, 0.3) is 5.91 Å². The summed E-state index contributed by atoms with van der Waals surface area (Å²) in [5.41, 5.74) is 2.93. The van der Waals surface area contributed by atoms with E-state index in [1.54, 1.807) is 25.1 Å². The summed E-state index contributed by atoms with van der Waals surface area (Å²) in [7, 11) is 0. The molecule has 1 amide bonds. The lowest BCUT2D eigenvalue weighted by atomic mass is 10.1. The first-order valence-corrected chi connectivity index (χ1v) is 7.61. The van der Waals surface area contributed by atoms with Crippen LogP contribution in [0, 0.1) is 13.8 Å². The van der Waals surface area contributed by atoms with E-state index in [4.69, 9.17) is 27.9 Å². The summed E-state index contributed by atoms with van der Waals surface area (Å²) in [6.45, 7) is 5.63. The van der Waals surface area contributed by atoms with Crippen LogP contribution in [0.2, 0.25) is 10.0 Å². The minimum Gasteiger partial charge on any atom is -0.479 e. The van der Waals surface area contributed by atoms with Gasteiger partial charge in [-0.15, -0.1) is 0 Å². The standard InChI is InChI=1S/C17H17Cl2NO2/c1-10-6-11(2)8-14(7-10)20-17(21)12(3)22-16-5-4-13(18)9-15(16)19/h4-9,12H,1-3H3,(H,20,21)/t12-/m1/s1. The topological polar surface area (TPSA) is 38.3 Å². The number of nitrogens with one attached hydrogen (secondary N) is 1. The van der Waals surface area contributed by atoms with Gasteiger partial charge in [-0.05, 0) is 62.2 Å². The van der Waals surface area contributed by atoms with Crippen LogP contribution < -0.4 is 10.1 Å². The number of hydrogen-bond donors (Lipinski definition) is 1. The Hall–Kier alpha value is -1.71. The van der Waals surface area contributed by atoms with Crippen LogP contribution in [-0.4, -0.2) is 12.0 Å². The zero-order valence-corrected chi connectivity index (χ0v) is 14.1. The monoisotopic (exact) mass is 337 g/mol. The van der Waals surface area contributed by atoms with E-state index >= 15 is 0 Å². The van der Waals surface area contributed by atoms with Crippen molar-refractivity contribution < 1.29 is 9.53 Å². The zero-order chi connectivity index (χ0) is 16.3. The van der Waals surface area contributed by atoms with E-state index in [9.17, 15) is 4.79 Å². The predicted octanol–water partition coefficient (Wildman–Crippen LogP) is 5.02. The Morgan fingerprint density at radius 3 is 2.32 bits per heavy atom. The fourth-order valence-corrected chi connectivity index (χ4v) is 2.56. The van der Waals surface area contributed by atoms with Crippen LogP contribution in [0.3, 0.4) is 0 Å². The maximum Gasteiger partial charge on any atom is 0.265 e. The van der Waals surface area contributed by atoms with Crippen molar-refractivity contribution in [1.82, 2.24) is 0 Å². The van der Waals surface area contributed by atoms with Crippen LogP contribution in [-0.2, 0) is 4.79 Å². The van der Waals surface area contributed by atoms with Gasteiger partial charge in [0.1, 0.15) is 5.75 Å². The Morgan fingerprint density at radius 1 is 1.09 bits per heavy atom. The summed E-state index contributed by atoms with van der Waals surface area (Å²) >= 11 is 11.9. The summed E-state index contributed by atoms with van der Waals surface area (Å²) in [6, 6.07) is 10.7. The second-order valence-corrected chi connectivity index (χ2v) is 6.04. The number of rotatable bonds is 4. The maximum absolute atomic E-state index is 12.2. The summed E-state index contributed by atoms with van der Waals surface area (Å²) in [5, 5.41) is 3.73. The number of aryl methyl sites for hydroxylation is 2. The zero-order valence-electron chi connectivity index (χ0n) is 12.6. The second-order valence-electron chi connectivity index (χ2n) is 5.20. The second kappa shape index (κ2) is 7.03. The first kappa shape index (κ1) is 16.7. The number of anilines is 1. The lowest BCUT2D eigenvalue weighted by Gasteiger charge is -2.16. The van der Waals surface area contributed by atoms with E-state index in [1.165, 1.54) is 0 Å². The highest BCUT2D eigenvalue weighted by Gasteiger charge is 2.16. The van der Waals surface area contributed by atoms with Gasteiger partial charge in [0.15, 0.2) is 6.10 Å². The fourth-order valence-electron chi connectivity index (χ4n) is 2.11. The molecule has 3 nitrogen and oxygen atoms in total. The molecule has 0 aromatic heterocycles. The minimum absolute atomic E-state index is 0.240. The summed E-state index contributed by atoms with van der Waals surface area (Å²) in [4.78, 5) is 12.2. The van der Waals surface area contributed by atoms with Crippen molar-refractivity contribution >= 4 is 34.8 Å². The molecule has 2 rings (SSSR count). The summed E-state index contributed by atoms with van der Waals surface area (Å²) in [6.07, 6.45) is -0.681. The molecule has 0 heterocycles. The normalized spacial score (nSPS) is 11.9. The van der Waals surface area contributed by atoms with Crippen LogP contribution >= 0.6 is 23.2 Å². The first-order valence-electron chi connectivity index (χ1n) is 6.86. The van der Waals surface area contributed by atoms with Crippen molar-refractivity contribution in [2.75, 3.05) is 5.32 Å². The van der Waals surface area contributed by atoms with Crippen molar-refractivity contribution in [1.29, 1.82) is 0 Å². The average molecular weight is 338 g/mol. The molecule has 0 aliphatic carbocycles. The van der Waals surface area contributed by atoms with E-state index in [1.807, 2.05) is 32.0 Å². The molecule has 1 N–H and O–H groups in total. The largest absolute Gasteiger partial charge is 0.479 e. The molecule has 0 aliphatic rings. The smallest absolute Gasteiger partial charge is 0.265 e. The molecular formula is C17H17Cl2NO2. The van der Waals surface area contributed by atoms with Crippen LogP contribution in [0.25, 0.3) is 0 Å². The Labute approximate surface area is 140 Å². The molecule has 5 heteroatoms. The number of halogens is 2. The van der Waals surface area contributed by atoms with Gasteiger partial charge in [0.05, 0.1) is 5.02 Å². The van der Waals surface area contributed by atoms with Crippen LogP contribution in [0.5, 0.6) is 5.75 Å². The lowest BCUT2D eigenvalue weighted by Crippen LogP contribution is -2.30. The molecule has 0 bridgehead atoms. The van der Waals surface area contributed by atoms with Gasteiger partial charge in [-0.1, -0.05) is 29.3 Å². The van der Waals surface area contributed by atoms with E-state index in [0.29, 0.717) is 15.8 Å². The van der Waals surface area contributed by atoms with Crippen molar-refractivity contribution in [2.45, 2.75) is 26.9 Å². The predicted molar refractivity (Wildman–Crippen MR) is 91.1 cm³/mol. The molecule has 0 radical (unpaired) electrons. The third-order valence-electron chi connectivity index (χ3n) is 3.06. The number of carbonyl (C=O) groups is 1. The summed E-state index contributed by atoms with van der Waals surface area (Å²) < 4.78 is 5.59. The molecule has 0 fully saturated rings. The number of carbonyl (C=O) groups excluding carboxylic acids is 1. The molecule has 2 aromatic rings. The van der Waals surface area contributed by atoms with Gasteiger partial charge >= 0.3 is 0 Å². The Kier molecular flexibility index (Phi) is 5.33. The fraction of sp³-hybridized carbons (Fsp3) is 0.235. The highest BCUT2D eigenvalue weighted by atomic mass is 35.5. The molecule has 0 saturated carbocycles. The summed E-state index contributed by atoms with van der Waals surface area (Å²) in [5.74, 6) is 0.185. The Morgan fingerprint density at radius 2 is 1.73 bits per heavy atom. The van der Waals surface area contributed by atoms with E-state index < -0.39 is 6.10 Å². The van der Waals surface area contributed by atoms with Gasteiger partial charge < -0.3 is 10.1 Å². The van der Waals surface area contributed by atoms with Crippen molar-refractivity contribution in [2.24, 2.45) is 0 Å². The molecule has 1 atom stereocenters. The molecule has 0 unspecified atom stereocenters. The van der Waals surface area contributed by atoms with Gasteiger partial charge in [-0.2, -0.15) is 0 Å². The third-order valence-corrected chi connectivity index (χ3v) is 3.59. The highest BCUT2D eigenvalue weighted by molar-refractivity contribution is 6.35. The minimum atomic E-state index is -0.681. The molecule has 0 spiro atoms. The molecule has 0 saturated heterocycles. The number of hydrogen-bond acceptors (Lipinski definition) is 2. The van der Waals surface area contributed by atoms with E-state index in [2.05, 4.69) is 5.32 Å². The van der Waals surface area contributed by atoms with Crippen LogP contribution in [0.15, 0.2) is 36.4 Å². The molecule has 22 heavy (non-hydrogen) atoms. The van der Waals surface area contributed by atoms with Crippen molar-refractivity contribution in [3.63, 3.8) is 0 Å². The van der Waals surface area contributed by atoms with Crippen LogP contribution in [0.1, 0.15) is 18.1 Å². The molecule has 2 aromatic carbocycles. The number of amides is 1. The molecule has 116 valence electrons. The average Bonchev–Trinajstić information content (AvgIpc) is 2.40. The molecular weight excluding hydrogens is 321 g/mol. The quantitative estimate of drug-likeness (QED) is 0.850. The number of ether oxygens (including phenoxy) is 1. The maximum atomic E-state index is 12.2. The Bertz CT molecular complexity index is 681.